The molecular weight excluding hydrogens is 304 g/mol. The highest BCUT2D eigenvalue weighted by molar-refractivity contribution is 5.91. The Hall–Kier alpha value is -0.870. The number of rotatable bonds is 2. The zero-order chi connectivity index (χ0) is 17.1. The molecule has 0 aromatic rings. The van der Waals surface area contributed by atoms with Crippen molar-refractivity contribution in [2.75, 3.05) is 13.2 Å². The van der Waals surface area contributed by atoms with Gasteiger partial charge in [0.15, 0.2) is 0 Å². The van der Waals surface area contributed by atoms with Crippen LogP contribution in [0.4, 0.5) is 0 Å². The molecule has 3 fully saturated rings. The van der Waals surface area contributed by atoms with Gasteiger partial charge in [-0.05, 0) is 73.7 Å². The van der Waals surface area contributed by atoms with Crippen molar-refractivity contribution < 1.29 is 19.7 Å². The van der Waals surface area contributed by atoms with E-state index in [0.29, 0.717) is 30.3 Å². The summed E-state index contributed by atoms with van der Waals surface area (Å²) >= 11 is 0. The van der Waals surface area contributed by atoms with Crippen molar-refractivity contribution in [3.8, 4) is 0 Å². The molecule has 3 saturated carbocycles. The third-order valence-corrected chi connectivity index (χ3v) is 8.21. The Morgan fingerprint density at radius 1 is 1.25 bits per heavy atom. The summed E-state index contributed by atoms with van der Waals surface area (Å²) in [7, 11) is 0. The van der Waals surface area contributed by atoms with Crippen LogP contribution in [0.25, 0.3) is 0 Å². The first-order valence-electron chi connectivity index (χ1n) is 9.56. The summed E-state index contributed by atoms with van der Waals surface area (Å²) in [6.07, 6.45) is 7.80. The van der Waals surface area contributed by atoms with Gasteiger partial charge in [0, 0.05) is 11.0 Å². The van der Waals surface area contributed by atoms with E-state index in [-0.39, 0.29) is 23.4 Å². The van der Waals surface area contributed by atoms with Crippen molar-refractivity contribution in [1.82, 2.24) is 0 Å². The molecule has 4 rings (SSSR count). The maximum atomic E-state index is 12.0. The predicted octanol–water partition coefficient (Wildman–Crippen LogP) is 2.68. The molecule has 24 heavy (non-hydrogen) atoms. The summed E-state index contributed by atoms with van der Waals surface area (Å²) in [5.74, 6) is 1.86. The van der Waals surface area contributed by atoms with E-state index in [1.807, 2.05) is 6.08 Å². The molecule has 1 aliphatic heterocycles. The molecular formula is C20H30O4. The molecule has 0 radical (unpaired) electrons. The quantitative estimate of drug-likeness (QED) is 0.762. The minimum Gasteiger partial charge on any atom is -0.458 e. The number of esters is 1. The molecule has 0 aromatic carbocycles. The van der Waals surface area contributed by atoms with Gasteiger partial charge in [0.05, 0.1) is 12.7 Å². The van der Waals surface area contributed by atoms with Gasteiger partial charge in [0.2, 0.25) is 0 Å². The first kappa shape index (κ1) is 16.6. The molecule has 4 heteroatoms. The second kappa shape index (κ2) is 5.57. The van der Waals surface area contributed by atoms with Crippen LogP contribution in [0.2, 0.25) is 0 Å². The zero-order valence-electron chi connectivity index (χ0n) is 14.8. The van der Waals surface area contributed by atoms with Crippen LogP contribution in [0.5, 0.6) is 0 Å². The SMILES string of the molecule is CC1(CO)C(O)CCC2(C)C3CC(C4=CCOC4=O)CC3CCC12. The minimum atomic E-state index is -0.401. The Morgan fingerprint density at radius 3 is 2.71 bits per heavy atom. The van der Waals surface area contributed by atoms with Crippen LogP contribution < -0.4 is 0 Å². The van der Waals surface area contributed by atoms with Crippen LogP contribution in [-0.4, -0.2) is 35.5 Å². The van der Waals surface area contributed by atoms with E-state index >= 15 is 0 Å². The number of hydrogen-bond acceptors (Lipinski definition) is 4. The Balaban J connectivity index is 1.62. The zero-order valence-corrected chi connectivity index (χ0v) is 14.8. The monoisotopic (exact) mass is 334 g/mol. The van der Waals surface area contributed by atoms with Crippen LogP contribution in [0.15, 0.2) is 11.6 Å². The van der Waals surface area contributed by atoms with Crippen LogP contribution in [-0.2, 0) is 9.53 Å². The van der Waals surface area contributed by atoms with Crippen LogP contribution in [0.1, 0.15) is 52.4 Å². The normalized spacial score (nSPS) is 50.9. The molecule has 134 valence electrons. The highest BCUT2D eigenvalue weighted by atomic mass is 16.5. The number of aliphatic hydroxyl groups excluding tert-OH is 2. The second-order valence-electron chi connectivity index (χ2n) is 9.15. The van der Waals surface area contributed by atoms with Crippen molar-refractivity contribution in [3.63, 3.8) is 0 Å². The van der Waals surface area contributed by atoms with E-state index in [1.165, 1.54) is 0 Å². The number of cyclic esters (lactones) is 1. The maximum Gasteiger partial charge on any atom is 0.334 e. The molecule has 4 nitrogen and oxygen atoms in total. The van der Waals surface area contributed by atoms with Gasteiger partial charge in [0.25, 0.3) is 0 Å². The highest BCUT2D eigenvalue weighted by Gasteiger charge is 2.60. The number of ether oxygens (including phenoxy) is 1. The average Bonchev–Trinajstić information content (AvgIpc) is 3.17. The first-order chi connectivity index (χ1) is 11.4. The molecule has 0 saturated heterocycles. The number of carbonyl (C=O) groups is 1. The molecule has 7 atom stereocenters. The fraction of sp³-hybridized carbons (Fsp3) is 0.850. The standard InChI is InChI=1S/C20H30O4/c1-19-7-5-17(22)20(2,11-21)16(19)4-3-12-9-13(10-15(12)19)14-6-8-24-18(14)23/h6,12-13,15-17,21-22H,3-5,7-11H2,1-2H3. The van der Waals surface area contributed by atoms with Gasteiger partial charge in [-0.3, -0.25) is 0 Å². The maximum absolute atomic E-state index is 12.0. The number of fused-ring (bicyclic) bond motifs is 3. The molecule has 0 aromatic heterocycles. The van der Waals surface area contributed by atoms with Gasteiger partial charge in [-0.25, -0.2) is 4.79 Å². The third-order valence-electron chi connectivity index (χ3n) is 8.21. The van der Waals surface area contributed by atoms with Crippen molar-refractivity contribution in [3.05, 3.63) is 11.6 Å². The molecule has 4 aliphatic rings. The largest absolute Gasteiger partial charge is 0.458 e. The Kier molecular flexibility index (Phi) is 3.85. The number of carbonyl (C=O) groups excluding carboxylic acids is 1. The van der Waals surface area contributed by atoms with E-state index in [2.05, 4.69) is 13.8 Å². The van der Waals surface area contributed by atoms with E-state index in [4.69, 9.17) is 4.74 Å². The smallest absolute Gasteiger partial charge is 0.334 e. The molecule has 0 bridgehead atoms. The van der Waals surface area contributed by atoms with Crippen molar-refractivity contribution >= 4 is 5.97 Å². The summed E-state index contributed by atoms with van der Waals surface area (Å²) < 4.78 is 5.13. The van der Waals surface area contributed by atoms with Crippen LogP contribution >= 0.6 is 0 Å². The Bertz CT molecular complexity index is 570. The fourth-order valence-corrected chi connectivity index (χ4v) is 6.85. The van der Waals surface area contributed by atoms with Crippen molar-refractivity contribution in [2.45, 2.75) is 58.5 Å². The second-order valence-corrected chi connectivity index (χ2v) is 9.15. The lowest BCUT2D eigenvalue weighted by atomic mass is 9.46. The molecule has 3 aliphatic carbocycles. The van der Waals surface area contributed by atoms with Crippen molar-refractivity contribution in [1.29, 1.82) is 0 Å². The minimum absolute atomic E-state index is 0.0622. The lowest BCUT2D eigenvalue weighted by Gasteiger charge is -2.60. The third kappa shape index (κ3) is 2.15. The molecule has 0 spiro atoms. The molecule has 0 amide bonds. The number of aliphatic hydroxyl groups is 2. The summed E-state index contributed by atoms with van der Waals surface area (Å²) in [6.45, 7) is 4.96. The van der Waals surface area contributed by atoms with Gasteiger partial charge < -0.3 is 14.9 Å². The van der Waals surface area contributed by atoms with Gasteiger partial charge in [-0.2, -0.15) is 0 Å². The Morgan fingerprint density at radius 2 is 2.04 bits per heavy atom. The molecule has 7 unspecified atom stereocenters. The fourth-order valence-electron chi connectivity index (χ4n) is 6.85. The van der Waals surface area contributed by atoms with Gasteiger partial charge >= 0.3 is 5.97 Å². The van der Waals surface area contributed by atoms with Crippen LogP contribution in [0, 0.1) is 34.5 Å². The summed E-state index contributed by atoms with van der Waals surface area (Å²) in [5, 5.41) is 20.6. The summed E-state index contributed by atoms with van der Waals surface area (Å²) in [5.41, 5.74) is 0.685. The topological polar surface area (TPSA) is 66.8 Å². The van der Waals surface area contributed by atoms with E-state index in [1.54, 1.807) is 0 Å². The summed E-state index contributed by atoms with van der Waals surface area (Å²) in [6, 6.07) is 0. The van der Waals surface area contributed by atoms with Gasteiger partial charge in [-0.15, -0.1) is 0 Å². The lowest BCUT2D eigenvalue weighted by molar-refractivity contribution is -0.168. The average molecular weight is 334 g/mol. The highest BCUT2D eigenvalue weighted by Crippen LogP contribution is 2.65. The predicted molar refractivity (Wildman–Crippen MR) is 90.0 cm³/mol. The van der Waals surface area contributed by atoms with Crippen molar-refractivity contribution in [2.24, 2.45) is 34.5 Å². The first-order valence-corrected chi connectivity index (χ1v) is 9.56. The Labute approximate surface area is 144 Å². The van der Waals surface area contributed by atoms with Crippen LogP contribution in [0.3, 0.4) is 0 Å². The number of hydrogen-bond donors (Lipinski definition) is 2. The summed E-state index contributed by atoms with van der Waals surface area (Å²) in [4.78, 5) is 12.0. The molecule has 2 N–H and O–H groups in total. The van der Waals surface area contributed by atoms with E-state index < -0.39 is 6.10 Å². The lowest BCUT2D eigenvalue weighted by Crippen LogP contribution is -2.57. The molecule has 1 heterocycles. The van der Waals surface area contributed by atoms with Gasteiger partial charge in [-0.1, -0.05) is 13.8 Å². The van der Waals surface area contributed by atoms with E-state index in [9.17, 15) is 15.0 Å². The van der Waals surface area contributed by atoms with Gasteiger partial charge in [0.1, 0.15) is 6.61 Å². The van der Waals surface area contributed by atoms with E-state index in [0.717, 1.165) is 44.1 Å².